The fraction of sp³-hybridized carbons (Fsp3) is 0.524. The van der Waals surface area contributed by atoms with Crippen LogP contribution < -0.4 is 21.6 Å². The summed E-state index contributed by atoms with van der Waals surface area (Å²) in [5.74, 6) is -3.55. The molecule has 3 N–H and O–H groups in total. The van der Waals surface area contributed by atoms with Gasteiger partial charge in [0.05, 0.1) is 10.9 Å². The van der Waals surface area contributed by atoms with E-state index < -0.39 is 39.5 Å². The molecule has 3 aliphatic rings. The lowest BCUT2D eigenvalue weighted by molar-refractivity contribution is 0.241. The molecule has 3 fully saturated rings. The maximum absolute atomic E-state index is 16.0. The van der Waals surface area contributed by atoms with E-state index in [0.29, 0.717) is 19.4 Å². The summed E-state index contributed by atoms with van der Waals surface area (Å²) in [5, 5.41) is -0.946. The average Bonchev–Trinajstić information content (AvgIpc) is 3.65. The number of halogens is 3. The minimum absolute atomic E-state index is 0.109. The van der Waals surface area contributed by atoms with Gasteiger partial charge in [0.25, 0.3) is 5.56 Å². The number of aromatic amines is 1. The van der Waals surface area contributed by atoms with Crippen molar-refractivity contribution in [3.05, 3.63) is 38.0 Å². The Hall–Kier alpha value is -2.33. The normalized spacial score (nSPS) is 25.1. The predicted molar refractivity (Wildman–Crippen MR) is 113 cm³/mol. The van der Waals surface area contributed by atoms with Gasteiger partial charge in [-0.05, 0) is 48.5 Å². The summed E-state index contributed by atoms with van der Waals surface area (Å²) < 4.78 is 50.7. The van der Waals surface area contributed by atoms with Crippen molar-refractivity contribution in [3.63, 3.8) is 0 Å². The number of H-pyrrole nitrogens is 1. The fourth-order valence-electron chi connectivity index (χ4n) is 5.32. The van der Waals surface area contributed by atoms with Crippen LogP contribution >= 0.6 is 11.5 Å². The van der Waals surface area contributed by atoms with E-state index in [1.807, 2.05) is 0 Å². The van der Waals surface area contributed by atoms with E-state index in [0.717, 1.165) is 24.4 Å². The maximum Gasteiger partial charge on any atom is 0.271 e. The molecular formula is C21H21F3N4O2S. The zero-order valence-electron chi connectivity index (χ0n) is 16.8. The van der Waals surface area contributed by atoms with Crippen molar-refractivity contribution in [2.75, 3.05) is 18.0 Å². The van der Waals surface area contributed by atoms with E-state index in [9.17, 15) is 9.59 Å². The molecule has 2 aromatic heterocycles. The molecule has 0 unspecified atom stereocenters. The lowest BCUT2D eigenvalue weighted by Crippen LogP contribution is -2.54. The number of hydrogen-bond donors (Lipinski definition) is 2. The van der Waals surface area contributed by atoms with Crippen molar-refractivity contribution in [1.82, 2.24) is 8.94 Å². The lowest BCUT2D eigenvalue weighted by Gasteiger charge is -2.43. The summed E-state index contributed by atoms with van der Waals surface area (Å²) >= 11 is 0.918. The van der Waals surface area contributed by atoms with Gasteiger partial charge in [-0.3, -0.25) is 14.0 Å². The number of hydrogen-bond acceptors (Lipinski definition) is 5. The molecule has 0 radical (unpaired) electrons. The third kappa shape index (κ3) is 2.48. The van der Waals surface area contributed by atoms with Crippen molar-refractivity contribution in [2.24, 2.45) is 17.1 Å². The number of nitrogens with zero attached hydrogens (tertiary/aromatic N) is 2. The molecule has 164 valence electrons. The first kappa shape index (κ1) is 19.4. The molecule has 0 amide bonds. The summed E-state index contributed by atoms with van der Waals surface area (Å²) in [6.07, 6.45) is 3.26. The van der Waals surface area contributed by atoms with E-state index in [2.05, 4.69) is 11.3 Å². The van der Waals surface area contributed by atoms with Crippen LogP contribution in [-0.4, -0.2) is 28.1 Å². The molecule has 0 bridgehead atoms. The van der Waals surface area contributed by atoms with Crippen molar-refractivity contribution in [2.45, 2.75) is 44.7 Å². The van der Waals surface area contributed by atoms with Gasteiger partial charge in [-0.1, -0.05) is 6.92 Å². The highest BCUT2D eigenvalue weighted by Crippen LogP contribution is 2.56. The molecule has 3 heterocycles. The van der Waals surface area contributed by atoms with Crippen molar-refractivity contribution < 1.29 is 13.2 Å². The van der Waals surface area contributed by atoms with Gasteiger partial charge in [-0.25, -0.2) is 13.2 Å². The Morgan fingerprint density at radius 1 is 1.10 bits per heavy atom. The van der Waals surface area contributed by atoms with E-state index in [4.69, 9.17) is 5.73 Å². The largest absolute Gasteiger partial charge is 0.364 e. The molecule has 2 saturated carbocycles. The Balaban J connectivity index is 1.68. The SMILES string of the molecule is C[C@H]1[C@H](N)CN(c2c(F)c(F)c3c(=O)c4c(=O)[nH]sc4n(C4CC4)c3c2F)CC12CC2. The van der Waals surface area contributed by atoms with Crippen LogP contribution in [0.1, 0.15) is 38.6 Å². The summed E-state index contributed by atoms with van der Waals surface area (Å²) in [4.78, 5) is 26.9. The molecule has 1 aliphatic heterocycles. The Morgan fingerprint density at radius 3 is 2.45 bits per heavy atom. The molecule has 2 aliphatic carbocycles. The number of anilines is 1. The van der Waals surface area contributed by atoms with Crippen molar-refractivity contribution in [3.8, 4) is 0 Å². The second-order valence-electron chi connectivity index (χ2n) is 9.35. The van der Waals surface area contributed by atoms with Crippen LogP contribution in [0.15, 0.2) is 9.59 Å². The zero-order valence-corrected chi connectivity index (χ0v) is 17.6. The maximum atomic E-state index is 16.0. The Labute approximate surface area is 178 Å². The van der Waals surface area contributed by atoms with Gasteiger partial charge >= 0.3 is 0 Å². The molecule has 10 heteroatoms. The summed E-state index contributed by atoms with van der Waals surface area (Å²) in [7, 11) is 0. The van der Waals surface area contributed by atoms with Gasteiger partial charge in [0.15, 0.2) is 17.5 Å². The van der Waals surface area contributed by atoms with E-state index >= 15 is 13.2 Å². The molecule has 31 heavy (non-hydrogen) atoms. The number of pyridine rings is 1. The number of benzene rings is 1. The number of nitrogens with two attached hydrogens (primary N) is 1. The van der Waals surface area contributed by atoms with Gasteiger partial charge in [-0.2, -0.15) is 0 Å². The smallest absolute Gasteiger partial charge is 0.271 e. The van der Waals surface area contributed by atoms with Crippen LogP contribution in [0, 0.1) is 28.8 Å². The first-order valence-corrected chi connectivity index (χ1v) is 11.3. The van der Waals surface area contributed by atoms with Crippen LogP contribution in [0.5, 0.6) is 0 Å². The molecule has 2 atom stereocenters. The van der Waals surface area contributed by atoms with Crippen LogP contribution in [0.2, 0.25) is 0 Å². The molecule has 1 aromatic carbocycles. The Bertz CT molecular complexity index is 1390. The zero-order chi connectivity index (χ0) is 21.8. The lowest BCUT2D eigenvalue weighted by atomic mass is 9.80. The minimum Gasteiger partial charge on any atom is -0.364 e. The third-order valence-corrected chi connectivity index (χ3v) is 8.42. The Morgan fingerprint density at radius 2 is 1.81 bits per heavy atom. The standard InChI is InChI=1S/C21H21F3N4O2S/c1-8-10(25)6-27(7-21(8)4-5-21)17-14(23)13(22)11-16(15(17)24)28(9-2-3-9)20-12(18(11)29)19(30)26-31-20/h8-10H,2-7,25H2,1H3,(H,26,30)/t8-,10+/m0/s1. The first-order chi connectivity index (χ1) is 14.7. The summed E-state index contributed by atoms with van der Waals surface area (Å²) in [5.41, 5.74) is 3.81. The second-order valence-corrected chi connectivity index (χ2v) is 10.1. The van der Waals surface area contributed by atoms with E-state index in [1.54, 1.807) is 0 Å². The van der Waals surface area contributed by atoms with Gasteiger partial charge < -0.3 is 15.2 Å². The van der Waals surface area contributed by atoms with Crippen LogP contribution in [-0.2, 0) is 0 Å². The van der Waals surface area contributed by atoms with Crippen molar-refractivity contribution >= 4 is 38.3 Å². The highest BCUT2D eigenvalue weighted by Gasteiger charge is 2.53. The minimum atomic E-state index is -1.41. The number of fused-ring (bicyclic) bond motifs is 2. The van der Waals surface area contributed by atoms with Gasteiger partial charge in [0.1, 0.15) is 15.9 Å². The van der Waals surface area contributed by atoms with Gasteiger partial charge in [0, 0.05) is 25.2 Å². The first-order valence-electron chi connectivity index (χ1n) is 10.5. The van der Waals surface area contributed by atoms with Crippen LogP contribution in [0.3, 0.4) is 0 Å². The van der Waals surface area contributed by atoms with Crippen LogP contribution in [0.4, 0.5) is 18.9 Å². The summed E-state index contributed by atoms with van der Waals surface area (Å²) in [6, 6.07) is -0.459. The third-order valence-electron chi connectivity index (χ3n) is 7.53. The molecule has 6 rings (SSSR count). The molecule has 1 spiro atoms. The highest BCUT2D eigenvalue weighted by atomic mass is 32.1. The fourth-order valence-corrected chi connectivity index (χ4v) is 6.24. The van der Waals surface area contributed by atoms with Gasteiger partial charge in [0.2, 0.25) is 5.43 Å². The monoisotopic (exact) mass is 450 g/mol. The second kappa shape index (κ2) is 6.13. The number of nitrogens with one attached hydrogen (secondary N) is 1. The molecule has 3 aromatic rings. The summed E-state index contributed by atoms with van der Waals surface area (Å²) in [6.45, 7) is 2.65. The predicted octanol–water partition coefficient (Wildman–Crippen LogP) is 3.22. The molecule has 6 nitrogen and oxygen atoms in total. The van der Waals surface area contributed by atoms with Crippen molar-refractivity contribution in [1.29, 1.82) is 0 Å². The van der Waals surface area contributed by atoms with Gasteiger partial charge in [-0.15, -0.1) is 0 Å². The quantitative estimate of drug-likeness (QED) is 0.588. The van der Waals surface area contributed by atoms with E-state index in [1.165, 1.54) is 9.47 Å². The number of aromatic nitrogens is 2. The molecular weight excluding hydrogens is 429 g/mol. The highest BCUT2D eigenvalue weighted by molar-refractivity contribution is 7.12. The number of piperidine rings is 1. The van der Waals surface area contributed by atoms with E-state index in [-0.39, 0.29) is 45.7 Å². The Kier molecular flexibility index (Phi) is 3.83. The number of rotatable bonds is 2. The average molecular weight is 450 g/mol. The molecule has 1 saturated heterocycles. The topological polar surface area (TPSA) is 84.1 Å². The van der Waals surface area contributed by atoms with Crippen LogP contribution in [0.25, 0.3) is 21.1 Å².